The van der Waals surface area contributed by atoms with Gasteiger partial charge in [0.1, 0.15) is 0 Å². The summed E-state index contributed by atoms with van der Waals surface area (Å²) < 4.78 is 2.90. The zero-order valence-electron chi connectivity index (χ0n) is 15.7. The lowest BCUT2D eigenvalue weighted by Crippen LogP contribution is -2.30. The molecular weight excluding hydrogens is 368 g/mol. The third kappa shape index (κ3) is 4.49. The Morgan fingerprint density at radius 2 is 1.93 bits per heavy atom. The molecule has 0 radical (unpaired) electrons. The largest absolute Gasteiger partial charge is 0.350 e. The average molecular weight is 388 g/mol. The third-order valence-electron chi connectivity index (χ3n) is 4.43. The van der Waals surface area contributed by atoms with Crippen molar-refractivity contribution in [2.24, 2.45) is 0 Å². The van der Waals surface area contributed by atoms with Crippen molar-refractivity contribution >= 4 is 17.4 Å². The van der Waals surface area contributed by atoms with Crippen LogP contribution in [0.2, 0.25) is 0 Å². The monoisotopic (exact) mass is 388 g/mol. The summed E-state index contributed by atoms with van der Waals surface area (Å²) in [6.45, 7) is 0.826. The van der Waals surface area contributed by atoms with Crippen molar-refractivity contribution in [2.75, 3.05) is 11.9 Å². The maximum atomic E-state index is 12.4. The highest BCUT2D eigenvalue weighted by molar-refractivity contribution is 5.89. The van der Waals surface area contributed by atoms with Gasteiger partial charge >= 0.3 is 11.7 Å². The molecule has 0 atom stereocenters. The van der Waals surface area contributed by atoms with Crippen LogP contribution in [0.1, 0.15) is 11.1 Å². The number of hydrogen-bond donors (Lipinski definition) is 2. The first-order valence-corrected chi connectivity index (χ1v) is 9.26. The molecule has 3 aromatic heterocycles. The zero-order chi connectivity index (χ0) is 20.1. The molecule has 0 fully saturated rings. The van der Waals surface area contributed by atoms with E-state index in [-0.39, 0.29) is 11.7 Å². The number of aromatic nitrogens is 4. The fourth-order valence-corrected chi connectivity index (χ4v) is 3.03. The molecule has 2 amide bonds. The van der Waals surface area contributed by atoms with Gasteiger partial charge < -0.3 is 10.6 Å². The number of amides is 2. The highest BCUT2D eigenvalue weighted by Gasteiger charge is 2.08. The van der Waals surface area contributed by atoms with Crippen LogP contribution in [0, 0.1) is 0 Å². The van der Waals surface area contributed by atoms with Crippen molar-refractivity contribution in [1.29, 1.82) is 0 Å². The smallest absolute Gasteiger partial charge is 0.338 e. The molecule has 1 aromatic carbocycles. The number of nitrogens with one attached hydrogen (secondary N) is 2. The van der Waals surface area contributed by atoms with E-state index in [4.69, 9.17) is 0 Å². The molecule has 4 rings (SSSR count). The van der Waals surface area contributed by atoms with Gasteiger partial charge in [-0.1, -0.05) is 24.3 Å². The minimum Gasteiger partial charge on any atom is -0.338 e. The molecule has 29 heavy (non-hydrogen) atoms. The predicted molar refractivity (Wildman–Crippen MR) is 110 cm³/mol. The first kappa shape index (κ1) is 18.4. The van der Waals surface area contributed by atoms with Crippen molar-refractivity contribution in [2.45, 2.75) is 13.0 Å². The predicted octanol–water partition coefficient (Wildman–Crippen LogP) is 2.30. The summed E-state index contributed by atoms with van der Waals surface area (Å²) in [5, 5.41) is 9.97. The number of rotatable bonds is 6. The molecule has 0 unspecified atom stereocenters. The minimum absolute atomic E-state index is 0.202. The lowest BCUT2D eigenvalue weighted by atomic mass is 10.2. The van der Waals surface area contributed by atoms with Crippen molar-refractivity contribution in [3.05, 3.63) is 94.8 Å². The van der Waals surface area contributed by atoms with Crippen molar-refractivity contribution in [1.82, 2.24) is 24.5 Å². The summed E-state index contributed by atoms with van der Waals surface area (Å²) in [7, 11) is 0. The summed E-state index contributed by atoms with van der Waals surface area (Å²) in [6.07, 6.45) is 5.90. The van der Waals surface area contributed by atoms with Gasteiger partial charge in [0, 0.05) is 30.8 Å². The second-order valence-electron chi connectivity index (χ2n) is 6.56. The lowest BCUT2D eigenvalue weighted by Gasteiger charge is -2.09. The van der Waals surface area contributed by atoms with E-state index in [9.17, 15) is 9.59 Å². The molecule has 0 aliphatic rings. The SMILES string of the molecule is O=C(NCCc1cccnc1)Nc1cccc(Cn2nc3ccccn3c2=O)c1. The van der Waals surface area contributed by atoms with E-state index in [2.05, 4.69) is 20.7 Å². The van der Waals surface area contributed by atoms with E-state index < -0.39 is 0 Å². The van der Waals surface area contributed by atoms with E-state index in [1.165, 1.54) is 9.08 Å². The Balaban J connectivity index is 1.37. The van der Waals surface area contributed by atoms with Gasteiger partial charge in [-0.2, -0.15) is 0 Å². The van der Waals surface area contributed by atoms with Crippen LogP contribution >= 0.6 is 0 Å². The second-order valence-corrected chi connectivity index (χ2v) is 6.56. The van der Waals surface area contributed by atoms with Crippen LogP contribution in [0.4, 0.5) is 10.5 Å². The van der Waals surface area contributed by atoms with E-state index in [0.717, 1.165) is 11.1 Å². The molecule has 3 heterocycles. The molecule has 146 valence electrons. The maximum absolute atomic E-state index is 12.4. The maximum Gasteiger partial charge on any atom is 0.350 e. The Hall–Kier alpha value is -3.94. The number of urea groups is 1. The summed E-state index contributed by atoms with van der Waals surface area (Å²) in [5.74, 6) is 0. The number of anilines is 1. The first-order chi connectivity index (χ1) is 14.2. The van der Waals surface area contributed by atoms with Crippen LogP contribution in [0.25, 0.3) is 5.65 Å². The lowest BCUT2D eigenvalue weighted by molar-refractivity contribution is 0.252. The van der Waals surface area contributed by atoms with Crippen LogP contribution in [-0.4, -0.2) is 31.7 Å². The zero-order valence-corrected chi connectivity index (χ0v) is 15.7. The van der Waals surface area contributed by atoms with Gasteiger partial charge in [-0.25, -0.2) is 14.3 Å². The summed E-state index contributed by atoms with van der Waals surface area (Å²) in [5.41, 5.74) is 2.97. The molecule has 0 aliphatic carbocycles. The Morgan fingerprint density at radius 1 is 1.03 bits per heavy atom. The van der Waals surface area contributed by atoms with Crippen LogP contribution in [0.3, 0.4) is 0 Å². The van der Waals surface area contributed by atoms with Crippen molar-refractivity contribution < 1.29 is 4.79 Å². The molecule has 2 N–H and O–H groups in total. The first-order valence-electron chi connectivity index (χ1n) is 9.26. The molecule has 0 aliphatic heterocycles. The van der Waals surface area contributed by atoms with E-state index in [1.54, 1.807) is 36.8 Å². The molecule has 0 bridgehead atoms. The van der Waals surface area contributed by atoms with Crippen LogP contribution < -0.4 is 16.3 Å². The van der Waals surface area contributed by atoms with Gasteiger partial charge in [0.25, 0.3) is 0 Å². The molecule has 8 nitrogen and oxygen atoms in total. The van der Waals surface area contributed by atoms with Gasteiger partial charge in [0.15, 0.2) is 5.65 Å². The highest BCUT2D eigenvalue weighted by atomic mass is 16.2. The molecule has 0 saturated carbocycles. The van der Waals surface area contributed by atoms with Crippen LogP contribution in [0.5, 0.6) is 0 Å². The molecular formula is C21H20N6O2. The van der Waals surface area contributed by atoms with Gasteiger partial charge in [-0.15, -0.1) is 5.10 Å². The third-order valence-corrected chi connectivity index (χ3v) is 4.43. The van der Waals surface area contributed by atoms with Crippen LogP contribution in [0.15, 0.2) is 78.0 Å². The summed E-state index contributed by atoms with van der Waals surface area (Å²) >= 11 is 0. The number of nitrogens with zero attached hydrogens (tertiary/aromatic N) is 4. The van der Waals surface area contributed by atoms with Crippen molar-refractivity contribution in [3.63, 3.8) is 0 Å². The fourth-order valence-electron chi connectivity index (χ4n) is 3.03. The van der Waals surface area contributed by atoms with Gasteiger partial charge in [0.05, 0.1) is 6.54 Å². The normalized spacial score (nSPS) is 10.8. The molecule has 0 saturated heterocycles. The number of fused-ring (bicyclic) bond motifs is 1. The van der Waals surface area contributed by atoms with Gasteiger partial charge in [-0.3, -0.25) is 9.38 Å². The Kier molecular flexibility index (Phi) is 5.33. The Morgan fingerprint density at radius 3 is 2.76 bits per heavy atom. The molecule has 4 aromatic rings. The van der Waals surface area contributed by atoms with E-state index >= 15 is 0 Å². The van der Waals surface area contributed by atoms with Crippen molar-refractivity contribution in [3.8, 4) is 0 Å². The number of carbonyl (C=O) groups excluding carboxylic acids is 1. The quantitative estimate of drug-likeness (QED) is 0.530. The second kappa shape index (κ2) is 8.39. The average Bonchev–Trinajstić information content (AvgIpc) is 3.05. The molecule has 0 spiro atoms. The summed E-state index contributed by atoms with van der Waals surface area (Å²) in [6, 6.07) is 16.3. The minimum atomic E-state index is -0.282. The Labute approximate surface area is 166 Å². The standard InChI is InChI=1S/C21H20N6O2/c28-20(23-11-9-16-6-4-10-22-14-16)24-18-7-3-5-17(13-18)15-27-21(29)26-12-2-1-8-19(26)25-27/h1-8,10,12-14H,9,11,15H2,(H2,23,24,28). The van der Waals surface area contributed by atoms with E-state index in [1.807, 2.05) is 36.4 Å². The van der Waals surface area contributed by atoms with Gasteiger partial charge in [0.2, 0.25) is 0 Å². The summed E-state index contributed by atoms with van der Waals surface area (Å²) in [4.78, 5) is 28.6. The fraction of sp³-hybridized carbons (Fsp3) is 0.143. The number of hydrogen-bond acceptors (Lipinski definition) is 4. The number of benzene rings is 1. The topological polar surface area (TPSA) is 93.3 Å². The van der Waals surface area contributed by atoms with Crippen LogP contribution in [-0.2, 0) is 13.0 Å². The number of pyridine rings is 2. The number of carbonyl (C=O) groups is 1. The van der Waals surface area contributed by atoms with Gasteiger partial charge in [-0.05, 0) is 47.9 Å². The highest BCUT2D eigenvalue weighted by Crippen LogP contribution is 2.11. The molecule has 8 heteroatoms. The Bertz CT molecular complexity index is 1180. The van der Waals surface area contributed by atoms with E-state index in [0.29, 0.717) is 30.8 Å².